The van der Waals surface area contributed by atoms with Crippen LogP contribution >= 0.6 is 0 Å². The summed E-state index contributed by atoms with van der Waals surface area (Å²) in [7, 11) is 0. The van der Waals surface area contributed by atoms with Crippen LogP contribution in [0, 0.1) is 5.82 Å². The van der Waals surface area contributed by atoms with E-state index in [9.17, 15) is 4.39 Å². The molecule has 0 bridgehead atoms. The number of hydrogen-bond donors (Lipinski definition) is 1. The van der Waals surface area contributed by atoms with Crippen LogP contribution in [0.4, 0.5) is 4.39 Å². The molecule has 1 N–H and O–H groups in total. The zero-order valence-corrected chi connectivity index (χ0v) is 13.3. The smallest absolute Gasteiger partial charge is 0.123 e. The summed E-state index contributed by atoms with van der Waals surface area (Å²) in [5.41, 5.74) is 4.51. The minimum Gasteiger partial charge on any atom is -0.310 e. The third-order valence-electron chi connectivity index (χ3n) is 3.60. The number of halogens is 1. The Morgan fingerprint density at radius 2 is 1.81 bits per heavy atom. The Morgan fingerprint density at radius 3 is 2.33 bits per heavy atom. The van der Waals surface area contributed by atoms with Crippen molar-refractivity contribution in [2.75, 3.05) is 0 Å². The van der Waals surface area contributed by atoms with Gasteiger partial charge in [-0.1, -0.05) is 27.7 Å². The highest BCUT2D eigenvalue weighted by Crippen LogP contribution is 2.21. The van der Waals surface area contributed by atoms with Crippen LogP contribution in [-0.2, 0) is 19.4 Å². The van der Waals surface area contributed by atoms with E-state index in [1.807, 2.05) is 4.68 Å². The highest BCUT2D eigenvalue weighted by molar-refractivity contribution is 5.38. The fraction of sp³-hybridized carbons (Fsp3) is 0.471. The molecular weight excluding hydrogens is 265 g/mol. The molecule has 2 rings (SSSR count). The second kappa shape index (κ2) is 6.85. The first kappa shape index (κ1) is 15.7. The summed E-state index contributed by atoms with van der Waals surface area (Å²) in [4.78, 5) is 0. The van der Waals surface area contributed by atoms with Crippen molar-refractivity contribution in [3.05, 3.63) is 47.0 Å². The third-order valence-corrected chi connectivity index (χ3v) is 3.60. The summed E-state index contributed by atoms with van der Waals surface area (Å²) in [6.45, 7) is 9.36. The van der Waals surface area contributed by atoms with Gasteiger partial charge in [-0.25, -0.2) is 9.07 Å². The van der Waals surface area contributed by atoms with Gasteiger partial charge in [0, 0.05) is 23.8 Å². The fourth-order valence-corrected chi connectivity index (χ4v) is 2.49. The van der Waals surface area contributed by atoms with Gasteiger partial charge in [-0.2, -0.15) is 5.10 Å². The average Bonchev–Trinajstić information content (AvgIpc) is 2.83. The van der Waals surface area contributed by atoms with Crippen LogP contribution in [0.25, 0.3) is 5.69 Å². The lowest BCUT2D eigenvalue weighted by Crippen LogP contribution is -2.23. The monoisotopic (exact) mass is 289 g/mol. The SMILES string of the molecule is CCc1nn(-c2ccc(F)cc2)c(CC)c1CNC(C)C. The van der Waals surface area contributed by atoms with Crippen molar-refractivity contribution in [2.24, 2.45) is 0 Å². The first-order chi connectivity index (χ1) is 10.1. The lowest BCUT2D eigenvalue weighted by Gasteiger charge is -2.11. The Labute approximate surface area is 126 Å². The zero-order valence-electron chi connectivity index (χ0n) is 13.3. The van der Waals surface area contributed by atoms with Gasteiger partial charge in [0.15, 0.2) is 0 Å². The first-order valence-corrected chi connectivity index (χ1v) is 7.65. The predicted molar refractivity (Wildman–Crippen MR) is 84.3 cm³/mol. The van der Waals surface area contributed by atoms with E-state index in [0.717, 1.165) is 30.8 Å². The van der Waals surface area contributed by atoms with Crippen LogP contribution in [0.5, 0.6) is 0 Å². The molecule has 0 fully saturated rings. The summed E-state index contributed by atoms with van der Waals surface area (Å²) in [5, 5.41) is 8.20. The Hall–Kier alpha value is -1.68. The molecule has 0 radical (unpaired) electrons. The molecule has 0 aliphatic carbocycles. The summed E-state index contributed by atoms with van der Waals surface area (Å²) in [6.07, 6.45) is 1.80. The van der Waals surface area contributed by atoms with Crippen LogP contribution in [0.3, 0.4) is 0 Å². The molecule has 21 heavy (non-hydrogen) atoms. The number of benzene rings is 1. The summed E-state index contributed by atoms with van der Waals surface area (Å²) < 4.78 is 15.1. The van der Waals surface area contributed by atoms with Crippen molar-refractivity contribution < 1.29 is 4.39 Å². The van der Waals surface area contributed by atoms with Crippen molar-refractivity contribution >= 4 is 0 Å². The number of hydrogen-bond acceptors (Lipinski definition) is 2. The van der Waals surface area contributed by atoms with E-state index in [0.29, 0.717) is 6.04 Å². The van der Waals surface area contributed by atoms with E-state index in [-0.39, 0.29) is 5.82 Å². The zero-order chi connectivity index (χ0) is 15.4. The van der Waals surface area contributed by atoms with Gasteiger partial charge in [0.05, 0.1) is 11.4 Å². The van der Waals surface area contributed by atoms with Gasteiger partial charge in [0.1, 0.15) is 5.82 Å². The second-order valence-corrected chi connectivity index (χ2v) is 5.50. The van der Waals surface area contributed by atoms with Crippen molar-refractivity contribution in [2.45, 2.75) is 53.1 Å². The molecule has 0 aliphatic rings. The molecule has 0 unspecified atom stereocenters. The van der Waals surface area contributed by atoms with E-state index in [1.165, 1.54) is 23.4 Å². The highest BCUT2D eigenvalue weighted by Gasteiger charge is 2.16. The molecule has 1 heterocycles. The summed E-state index contributed by atoms with van der Waals surface area (Å²) in [6, 6.07) is 6.96. The fourth-order valence-electron chi connectivity index (χ4n) is 2.49. The van der Waals surface area contributed by atoms with Gasteiger partial charge < -0.3 is 5.32 Å². The van der Waals surface area contributed by atoms with Gasteiger partial charge in [-0.15, -0.1) is 0 Å². The standard InChI is InChI=1S/C17H24FN3/c1-5-16-15(11-19-12(3)4)17(6-2)21(20-16)14-9-7-13(18)8-10-14/h7-10,12,19H,5-6,11H2,1-4H3. The van der Waals surface area contributed by atoms with Crippen molar-refractivity contribution in [1.82, 2.24) is 15.1 Å². The normalized spacial score (nSPS) is 11.3. The molecule has 114 valence electrons. The molecule has 1 aromatic carbocycles. The van der Waals surface area contributed by atoms with Gasteiger partial charge in [-0.05, 0) is 37.1 Å². The van der Waals surface area contributed by atoms with E-state index in [4.69, 9.17) is 5.10 Å². The van der Waals surface area contributed by atoms with Crippen molar-refractivity contribution in [1.29, 1.82) is 0 Å². The molecular formula is C17H24FN3. The molecule has 0 amide bonds. The summed E-state index contributed by atoms with van der Waals surface area (Å²) in [5.74, 6) is -0.221. The topological polar surface area (TPSA) is 29.9 Å². The Kier molecular flexibility index (Phi) is 5.12. The maximum Gasteiger partial charge on any atom is 0.123 e. The third kappa shape index (κ3) is 3.50. The lowest BCUT2D eigenvalue weighted by molar-refractivity contribution is 0.584. The molecule has 0 saturated carbocycles. The molecule has 0 saturated heterocycles. The number of rotatable bonds is 6. The molecule has 1 aromatic heterocycles. The molecule has 2 aromatic rings. The van der Waals surface area contributed by atoms with Crippen LogP contribution in [-0.4, -0.2) is 15.8 Å². The number of aromatic nitrogens is 2. The van der Waals surface area contributed by atoms with Gasteiger partial charge in [0.2, 0.25) is 0 Å². The first-order valence-electron chi connectivity index (χ1n) is 7.65. The molecule has 0 atom stereocenters. The molecule has 4 heteroatoms. The maximum atomic E-state index is 13.1. The molecule has 0 spiro atoms. The summed E-state index contributed by atoms with van der Waals surface area (Å²) >= 11 is 0. The average molecular weight is 289 g/mol. The minimum absolute atomic E-state index is 0.221. The van der Waals surface area contributed by atoms with Gasteiger partial charge >= 0.3 is 0 Å². The largest absolute Gasteiger partial charge is 0.310 e. The highest BCUT2D eigenvalue weighted by atomic mass is 19.1. The van der Waals surface area contributed by atoms with Gasteiger partial charge in [-0.3, -0.25) is 0 Å². The molecule has 3 nitrogen and oxygen atoms in total. The van der Waals surface area contributed by atoms with Gasteiger partial charge in [0.25, 0.3) is 0 Å². The lowest BCUT2D eigenvalue weighted by atomic mass is 10.1. The van der Waals surface area contributed by atoms with E-state index < -0.39 is 0 Å². The minimum atomic E-state index is -0.221. The second-order valence-electron chi connectivity index (χ2n) is 5.50. The molecule has 0 aliphatic heterocycles. The Bertz CT molecular complexity index is 585. The number of nitrogens with zero attached hydrogens (tertiary/aromatic N) is 2. The van der Waals surface area contributed by atoms with Crippen LogP contribution in [0.15, 0.2) is 24.3 Å². The van der Waals surface area contributed by atoms with Crippen LogP contribution < -0.4 is 5.32 Å². The van der Waals surface area contributed by atoms with E-state index >= 15 is 0 Å². The quantitative estimate of drug-likeness (QED) is 0.880. The maximum absolute atomic E-state index is 13.1. The van der Waals surface area contributed by atoms with Crippen LogP contribution in [0.2, 0.25) is 0 Å². The van der Waals surface area contributed by atoms with E-state index in [2.05, 4.69) is 33.0 Å². The Morgan fingerprint density at radius 1 is 1.14 bits per heavy atom. The van der Waals surface area contributed by atoms with Crippen LogP contribution in [0.1, 0.15) is 44.6 Å². The Balaban J connectivity index is 2.44. The number of nitrogens with one attached hydrogen (secondary N) is 1. The predicted octanol–water partition coefficient (Wildman–Crippen LogP) is 3.63. The van der Waals surface area contributed by atoms with E-state index in [1.54, 1.807) is 12.1 Å². The number of aryl methyl sites for hydroxylation is 1. The van der Waals surface area contributed by atoms with Crippen molar-refractivity contribution in [3.8, 4) is 5.69 Å². The van der Waals surface area contributed by atoms with Crippen molar-refractivity contribution in [3.63, 3.8) is 0 Å².